The first kappa shape index (κ1) is 36.7. The minimum Gasteiger partial charge on any atom is -0.423 e. The van der Waals surface area contributed by atoms with Gasteiger partial charge in [0.25, 0.3) is 0 Å². The van der Waals surface area contributed by atoms with E-state index in [2.05, 4.69) is 36.8 Å². The fraction of sp³-hybridized carbons (Fsp3) is 0.0968. The van der Waals surface area contributed by atoms with E-state index in [0.29, 0.717) is 0 Å². The Kier molecular flexibility index (Phi) is 13.3. The molecule has 0 unspecified atom stereocenters. The van der Waals surface area contributed by atoms with Crippen molar-refractivity contribution in [1.82, 2.24) is 4.98 Å². The Balaban J connectivity index is 0.000000239. The number of aromatic amines is 1. The molecule has 1 heterocycles. The third kappa shape index (κ3) is 10.9. The van der Waals surface area contributed by atoms with Crippen LogP contribution in [0.5, 0.6) is 0 Å². The molecule has 0 bridgehead atoms. The van der Waals surface area contributed by atoms with Gasteiger partial charge in [0.15, 0.2) is 0 Å². The number of fused-ring (bicyclic) bond motifs is 1. The Labute approximate surface area is 267 Å². The molecule has 44 heavy (non-hydrogen) atoms. The van der Waals surface area contributed by atoms with E-state index in [-0.39, 0.29) is 12.9 Å². The van der Waals surface area contributed by atoms with Crippen LogP contribution in [-0.2, 0) is 12.4 Å². The second-order valence-corrected chi connectivity index (χ2v) is 11.7. The summed E-state index contributed by atoms with van der Waals surface area (Å²) in [6.07, 6.45) is -6.77. The van der Waals surface area contributed by atoms with E-state index in [4.69, 9.17) is 15.8 Å². The zero-order valence-corrected chi connectivity index (χ0v) is 25.1. The average Bonchev–Trinajstić information content (AvgIpc) is 3.39. The molecule has 0 aliphatic carbocycles. The highest BCUT2D eigenvalue weighted by Crippen LogP contribution is 2.32. The number of nitrogens with one attached hydrogen (secondary N) is 1. The second-order valence-electron chi connectivity index (χ2n) is 8.90. The average molecular weight is 744 g/mol. The maximum absolute atomic E-state index is 12.5. The van der Waals surface area contributed by atoms with Crippen LogP contribution in [0, 0.1) is 0 Å². The van der Waals surface area contributed by atoms with Crippen LogP contribution in [0.15, 0.2) is 107 Å². The Morgan fingerprint density at radius 1 is 0.727 bits per heavy atom. The van der Waals surface area contributed by atoms with Crippen molar-refractivity contribution >= 4 is 67.1 Å². The van der Waals surface area contributed by atoms with Gasteiger partial charge in [-0.15, -0.1) is 0 Å². The van der Waals surface area contributed by atoms with Gasteiger partial charge in [-0.25, -0.2) is 0 Å². The van der Waals surface area contributed by atoms with Crippen LogP contribution in [0.3, 0.4) is 0 Å². The van der Waals surface area contributed by atoms with Crippen LogP contribution in [0.25, 0.3) is 28.2 Å². The molecule has 4 nitrogen and oxygen atoms in total. The molecule has 0 aliphatic rings. The second kappa shape index (κ2) is 16.0. The molecule has 0 fully saturated rings. The summed E-state index contributed by atoms with van der Waals surface area (Å²) in [5.41, 5.74) is 8.59. The van der Waals surface area contributed by atoms with Gasteiger partial charge >= 0.3 is 19.5 Å². The van der Waals surface area contributed by atoms with Crippen LogP contribution in [0.4, 0.5) is 32.0 Å². The molecule has 5 rings (SSSR count). The van der Waals surface area contributed by atoms with Gasteiger partial charge in [0, 0.05) is 22.3 Å². The van der Waals surface area contributed by atoms with Gasteiger partial charge in [-0.3, -0.25) is 0 Å². The number of H-pyrrole nitrogens is 1. The van der Waals surface area contributed by atoms with Gasteiger partial charge in [-0.2, -0.15) is 26.3 Å². The molecule has 4 aromatic carbocycles. The normalized spacial score (nSPS) is 10.9. The Hall–Kier alpha value is -3.52. The summed E-state index contributed by atoms with van der Waals surface area (Å²) < 4.78 is 74.3. The van der Waals surface area contributed by atoms with Crippen molar-refractivity contribution in [2.45, 2.75) is 19.8 Å². The van der Waals surface area contributed by atoms with Crippen molar-refractivity contribution in [3.63, 3.8) is 0 Å². The van der Waals surface area contributed by atoms with Gasteiger partial charge in [-0.05, 0) is 84.9 Å². The fourth-order valence-electron chi connectivity index (χ4n) is 3.67. The lowest BCUT2D eigenvalue weighted by molar-refractivity contribution is -0.138. The van der Waals surface area contributed by atoms with Gasteiger partial charge in [0.1, 0.15) is 0 Å². The molecule has 0 radical (unpaired) electrons. The van der Waals surface area contributed by atoms with E-state index in [1.165, 1.54) is 12.1 Å². The van der Waals surface area contributed by atoms with Crippen molar-refractivity contribution in [3.8, 4) is 11.3 Å². The number of para-hydroxylation sites is 2. The molecule has 5 N–H and O–H groups in total. The zero-order chi connectivity index (χ0) is 31.8. The molecule has 0 spiro atoms. The lowest BCUT2D eigenvalue weighted by Crippen LogP contribution is -2.29. The number of nitrogens with two attached hydrogens (primary N) is 1. The largest absolute Gasteiger partial charge is 0.488 e. The van der Waals surface area contributed by atoms with Gasteiger partial charge in [0.05, 0.1) is 14.5 Å². The number of hydrogen-bond acceptors (Lipinski definition) is 3. The maximum atomic E-state index is 12.5. The quantitative estimate of drug-likeness (QED) is 0.0846. The minimum absolute atomic E-state index is 0. The van der Waals surface area contributed by atoms with E-state index in [1.54, 1.807) is 0 Å². The first-order chi connectivity index (χ1) is 20.1. The van der Waals surface area contributed by atoms with E-state index >= 15 is 0 Å². The predicted octanol–water partition coefficient (Wildman–Crippen LogP) is 9.23. The molecule has 0 amide bonds. The van der Waals surface area contributed by atoms with E-state index in [0.717, 1.165) is 73.2 Å². The van der Waals surface area contributed by atoms with Crippen molar-refractivity contribution in [1.29, 1.82) is 0 Å². The van der Waals surface area contributed by atoms with E-state index in [9.17, 15) is 26.3 Å². The van der Waals surface area contributed by atoms with E-state index in [1.807, 2.05) is 60.7 Å². The minimum atomic E-state index is -4.39. The number of halogens is 8. The number of nitrogen functional groups attached to an aromatic ring is 1. The van der Waals surface area contributed by atoms with Crippen LogP contribution < -0.4 is 11.2 Å². The highest BCUT2D eigenvalue weighted by atomic mass is 79.9. The van der Waals surface area contributed by atoms with Crippen LogP contribution in [0.2, 0.25) is 0 Å². The maximum Gasteiger partial charge on any atom is 0.488 e. The molecule has 5 aromatic rings. The predicted molar refractivity (Wildman–Crippen MR) is 173 cm³/mol. The van der Waals surface area contributed by atoms with Crippen molar-refractivity contribution < 1.29 is 36.4 Å². The summed E-state index contributed by atoms with van der Waals surface area (Å²) in [6.45, 7) is 0. The lowest BCUT2D eigenvalue weighted by Gasteiger charge is -2.06. The van der Waals surface area contributed by atoms with Gasteiger partial charge < -0.3 is 20.8 Å². The molecular weight excluding hydrogens is 717 g/mol. The fourth-order valence-corrected chi connectivity index (χ4v) is 4.17. The third-order valence-corrected chi connectivity index (χ3v) is 6.31. The van der Waals surface area contributed by atoms with Crippen molar-refractivity contribution in [2.24, 2.45) is 0 Å². The molecule has 0 atom stereocenters. The summed E-state index contributed by atoms with van der Waals surface area (Å²) in [6, 6.07) is 26.1. The highest BCUT2D eigenvalue weighted by Gasteiger charge is 2.31. The molecule has 0 saturated heterocycles. The summed E-state index contributed by atoms with van der Waals surface area (Å²) in [5.74, 6) is 0. The SMILES string of the molecule is C.FC(F)(F)c1ccc(-c2cc3ccccc3[nH]2)cc1.Nc1ccccc1C=C(Br)Br.OB(O)c1ccc(C(F)(F)F)cc1. The molecule has 0 saturated carbocycles. The summed E-state index contributed by atoms with van der Waals surface area (Å²) in [4.78, 5) is 3.19. The number of rotatable bonds is 3. The standard InChI is InChI=1S/C15H10F3N.C8H7Br2N.C7H6BF3O2.CH4/c16-15(17,18)12-7-5-10(6-8-12)14-9-11-3-1-2-4-13(11)19-14;9-8(10)5-6-3-1-2-4-7(6)11;9-7(10,11)5-1-3-6(4-2-5)8(12)13;/h1-9,19H;1-5H,11H2;1-4,12-13H;1H4. The van der Waals surface area contributed by atoms with Crippen molar-refractivity contribution in [2.75, 3.05) is 5.73 Å². The zero-order valence-electron chi connectivity index (χ0n) is 22.0. The molecule has 13 heteroatoms. The Bertz CT molecular complexity index is 1620. The smallest absolute Gasteiger partial charge is 0.423 e. The molecular formula is C31H27BBr2F6N2O2. The van der Waals surface area contributed by atoms with Gasteiger partial charge in [0.2, 0.25) is 0 Å². The first-order valence-corrected chi connectivity index (χ1v) is 13.9. The van der Waals surface area contributed by atoms with Gasteiger partial charge in [-0.1, -0.05) is 80.2 Å². The third-order valence-electron chi connectivity index (χ3n) is 5.85. The topological polar surface area (TPSA) is 82.3 Å². The Morgan fingerprint density at radius 2 is 1.23 bits per heavy atom. The van der Waals surface area contributed by atoms with E-state index < -0.39 is 30.6 Å². The number of aromatic nitrogens is 1. The number of alkyl halides is 6. The summed E-state index contributed by atoms with van der Waals surface area (Å²) >= 11 is 6.53. The molecule has 232 valence electrons. The first-order valence-electron chi connectivity index (χ1n) is 12.3. The monoisotopic (exact) mass is 742 g/mol. The van der Waals surface area contributed by atoms with Crippen LogP contribution in [-0.4, -0.2) is 22.2 Å². The summed E-state index contributed by atoms with van der Waals surface area (Å²) in [5, 5.41) is 18.2. The van der Waals surface area contributed by atoms with Crippen LogP contribution >= 0.6 is 31.9 Å². The highest BCUT2D eigenvalue weighted by molar-refractivity contribution is 9.28. The number of anilines is 1. The molecule has 1 aromatic heterocycles. The lowest BCUT2D eigenvalue weighted by atomic mass is 9.80. The Morgan fingerprint density at radius 3 is 1.70 bits per heavy atom. The van der Waals surface area contributed by atoms with Crippen LogP contribution in [0.1, 0.15) is 24.1 Å². The number of benzene rings is 4. The molecule has 0 aliphatic heterocycles. The number of hydrogen-bond donors (Lipinski definition) is 4. The summed E-state index contributed by atoms with van der Waals surface area (Å²) in [7, 11) is -1.73. The van der Waals surface area contributed by atoms with Crippen molar-refractivity contribution in [3.05, 3.63) is 123 Å².